The highest BCUT2D eigenvalue weighted by atomic mass is 32.2. The van der Waals surface area contributed by atoms with Gasteiger partial charge in [0.05, 0.1) is 10.3 Å². The van der Waals surface area contributed by atoms with Gasteiger partial charge in [-0.25, -0.2) is 4.21 Å². The van der Waals surface area contributed by atoms with Crippen LogP contribution in [0.15, 0.2) is 0 Å². The van der Waals surface area contributed by atoms with E-state index in [1.54, 1.807) is 0 Å². The Morgan fingerprint density at radius 1 is 1.53 bits per heavy atom. The van der Waals surface area contributed by atoms with Crippen molar-refractivity contribution in [2.75, 3.05) is 17.3 Å². The maximum absolute atomic E-state index is 10.6. The Hall–Kier alpha value is 0.770. The first-order chi connectivity index (χ1) is 7.09. The van der Waals surface area contributed by atoms with E-state index in [-0.39, 0.29) is 12.0 Å². The zero-order chi connectivity index (χ0) is 11.3. The van der Waals surface area contributed by atoms with Crippen molar-refractivity contribution >= 4 is 34.6 Å². The second kappa shape index (κ2) is 7.17. The fourth-order valence-corrected chi connectivity index (χ4v) is 5.21. The van der Waals surface area contributed by atoms with Crippen molar-refractivity contribution in [2.45, 2.75) is 30.4 Å². The lowest BCUT2D eigenvalue weighted by Gasteiger charge is -2.28. The molecule has 1 saturated heterocycles. The van der Waals surface area contributed by atoms with Crippen LogP contribution in [0.3, 0.4) is 0 Å². The third kappa shape index (κ3) is 5.58. The summed E-state index contributed by atoms with van der Waals surface area (Å²) in [6.07, 6.45) is 2.12. The summed E-state index contributed by atoms with van der Waals surface area (Å²) in [7, 11) is 0. The first-order valence-corrected chi connectivity index (χ1v) is 8.53. The molecule has 0 aromatic heterocycles. The van der Waals surface area contributed by atoms with Gasteiger partial charge in [-0.3, -0.25) is 0 Å². The molecule has 0 aromatic carbocycles. The monoisotopic (exact) mass is 269 g/mol. The van der Waals surface area contributed by atoms with Gasteiger partial charge in [0.25, 0.3) is 0 Å². The van der Waals surface area contributed by atoms with Crippen molar-refractivity contribution in [3.05, 3.63) is 0 Å². The molecule has 6 heteroatoms. The summed E-state index contributed by atoms with van der Waals surface area (Å²) in [6.45, 7) is 1.99. The van der Waals surface area contributed by atoms with Crippen LogP contribution in [0.25, 0.3) is 0 Å². The van der Waals surface area contributed by atoms with Crippen LogP contribution in [0, 0.1) is 5.92 Å². The Balaban J connectivity index is 2.26. The molecule has 90 valence electrons. The van der Waals surface area contributed by atoms with E-state index in [2.05, 4.69) is 0 Å². The lowest BCUT2D eigenvalue weighted by Crippen LogP contribution is -2.34. The van der Waals surface area contributed by atoms with Gasteiger partial charge in [-0.15, -0.1) is 23.5 Å². The smallest absolute Gasteiger partial charge is 0.153 e. The standard InChI is InChI=1S/C9H19NO2S3/c1-7(6-15(11)12)5-8(10)9-13-3-2-4-14-9/h7-9H,2-6,10H2,1H3,(H,11,12). The highest BCUT2D eigenvalue weighted by molar-refractivity contribution is 8.17. The molecule has 1 heterocycles. The molecule has 1 aliphatic heterocycles. The SMILES string of the molecule is CC(CC(N)C1SCCCS1)CS(=O)O. The number of thioether (sulfide) groups is 2. The fourth-order valence-electron chi connectivity index (χ4n) is 1.64. The van der Waals surface area contributed by atoms with Gasteiger partial charge in [0.1, 0.15) is 0 Å². The van der Waals surface area contributed by atoms with Crippen LogP contribution >= 0.6 is 23.5 Å². The second-order valence-electron chi connectivity index (χ2n) is 3.96. The van der Waals surface area contributed by atoms with Crippen molar-refractivity contribution in [3.8, 4) is 0 Å². The molecule has 3 unspecified atom stereocenters. The van der Waals surface area contributed by atoms with Crippen LogP contribution in [0.1, 0.15) is 19.8 Å². The highest BCUT2D eigenvalue weighted by Crippen LogP contribution is 2.33. The van der Waals surface area contributed by atoms with Crippen molar-refractivity contribution in [2.24, 2.45) is 11.7 Å². The van der Waals surface area contributed by atoms with Crippen molar-refractivity contribution in [3.63, 3.8) is 0 Å². The molecular formula is C9H19NO2S3. The van der Waals surface area contributed by atoms with Gasteiger partial charge in [0, 0.05) is 6.04 Å². The quantitative estimate of drug-likeness (QED) is 0.745. The zero-order valence-electron chi connectivity index (χ0n) is 8.93. The maximum atomic E-state index is 10.6. The molecule has 3 nitrogen and oxygen atoms in total. The van der Waals surface area contributed by atoms with Crippen LogP contribution in [-0.2, 0) is 11.1 Å². The predicted molar refractivity (Wildman–Crippen MR) is 70.7 cm³/mol. The summed E-state index contributed by atoms with van der Waals surface area (Å²) >= 11 is 2.18. The largest absolute Gasteiger partial charge is 0.326 e. The van der Waals surface area contributed by atoms with Gasteiger partial charge >= 0.3 is 0 Å². The lowest BCUT2D eigenvalue weighted by molar-refractivity contribution is 0.496. The van der Waals surface area contributed by atoms with Gasteiger partial charge in [-0.1, -0.05) is 6.92 Å². The summed E-state index contributed by atoms with van der Waals surface area (Å²) in [5.41, 5.74) is 6.10. The van der Waals surface area contributed by atoms with Crippen molar-refractivity contribution in [1.29, 1.82) is 0 Å². The third-order valence-corrected chi connectivity index (χ3v) is 6.38. The molecule has 1 rings (SSSR count). The van der Waals surface area contributed by atoms with Gasteiger partial charge in [-0.05, 0) is 30.3 Å². The Morgan fingerprint density at radius 3 is 2.67 bits per heavy atom. The van der Waals surface area contributed by atoms with Crippen LogP contribution in [0.2, 0.25) is 0 Å². The normalized spacial score (nSPS) is 24.7. The molecule has 0 spiro atoms. The van der Waals surface area contributed by atoms with Crippen LogP contribution in [0.5, 0.6) is 0 Å². The Kier molecular flexibility index (Phi) is 6.61. The van der Waals surface area contributed by atoms with Crippen LogP contribution in [-0.4, -0.2) is 36.6 Å². The molecule has 0 bridgehead atoms. The van der Waals surface area contributed by atoms with E-state index in [9.17, 15) is 4.21 Å². The zero-order valence-corrected chi connectivity index (χ0v) is 11.4. The number of hydrogen-bond acceptors (Lipinski definition) is 4. The molecule has 3 atom stereocenters. The first-order valence-electron chi connectivity index (χ1n) is 5.16. The van der Waals surface area contributed by atoms with Gasteiger partial charge in [0.2, 0.25) is 0 Å². The van der Waals surface area contributed by atoms with E-state index in [0.717, 1.165) is 6.42 Å². The number of nitrogens with two attached hydrogens (primary N) is 1. The van der Waals surface area contributed by atoms with Crippen molar-refractivity contribution in [1.82, 2.24) is 0 Å². The van der Waals surface area contributed by atoms with Gasteiger partial charge in [-0.2, -0.15) is 0 Å². The molecular weight excluding hydrogens is 250 g/mol. The minimum Gasteiger partial charge on any atom is -0.326 e. The summed E-state index contributed by atoms with van der Waals surface area (Å²) in [5, 5.41) is 0. The highest BCUT2D eigenvalue weighted by Gasteiger charge is 2.23. The van der Waals surface area contributed by atoms with E-state index in [4.69, 9.17) is 10.3 Å². The molecule has 0 amide bonds. The summed E-state index contributed by atoms with van der Waals surface area (Å²) in [4.78, 5) is 0. The average molecular weight is 269 g/mol. The molecule has 1 fully saturated rings. The molecule has 0 saturated carbocycles. The predicted octanol–water partition coefficient (Wildman–Crippen LogP) is 1.76. The summed E-state index contributed by atoms with van der Waals surface area (Å²) in [6, 6.07) is 0.152. The van der Waals surface area contributed by atoms with Gasteiger partial charge < -0.3 is 10.3 Å². The van der Waals surface area contributed by atoms with E-state index in [1.807, 2.05) is 30.4 Å². The summed E-state index contributed by atoms with van der Waals surface area (Å²) in [5.74, 6) is 2.97. The van der Waals surface area contributed by atoms with E-state index < -0.39 is 11.1 Å². The molecule has 15 heavy (non-hydrogen) atoms. The third-order valence-electron chi connectivity index (χ3n) is 2.30. The van der Waals surface area contributed by atoms with Gasteiger partial charge in [0.15, 0.2) is 11.1 Å². The minimum atomic E-state index is -1.69. The van der Waals surface area contributed by atoms with E-state index >= 15 is 0 Å². The first kappa shape index (κ1) is 13.8. The van der Waals surface area contributed by atoms with E-state index in [0.29, 0.717) is 10.3 Å². The van der Waals surface area contributed by atoms with E-state index in [1.165, 1.54) is 17.9 Å². The summed E-state index contributed by atoms with van der Waals surface area (Å²) < 4.78 is 19.9. The maximum Gasteiger partial charge on any atom is 0.153 e. The van der Waals surface area contributed by atoms with Crippen LogP contribution < -0.4 is 5.73 Å². The second-order valence-corrected chi connectivity index (χ2v) is 7.73. The molecule has 0 aromatic rings. The average Bonchev–Trinajstić information content (AvgIpc) is 2.17. The molecule has 0 radical (unpaired) electrons. The molecule has 3 N–H and O–H groups in total. The molecule has 1 aliphatic rings. The Morgan fingerprint density at radius 2 is 2.13 bits per heavy atom. The number of rotatable bonds is 5. The Bertz CT molecular complexity index is 210. The fraction of sp³-hybridized carbons (Fsp3) is 1.00. The van der Waals surface area contributed by atoms with Crippen LogP contribution in [0.4, 0.5) is 0 Å². The minimum absolute atomic E-state index is 0.152. The number of hydrogen-bond donors (Lipinski definition) is 2. The lowest BCUT2D eigenvalue weighted by atomic mass is 10.1. The Labute approximate surface area is 103 Å². The van der Waals surface area contributed by atoms with Crippen molar-refractivity contribution < 1.29 is 8.76 Å². The topological polar surface area (TPSA) is 63.3 Å². The molecule has 0 aliphatic carbocycles.